The monoisotopic (exact) mass is 300 g/mol. The third-order valence-corrected chi connectivity index (χ3v) is 3.42. The maximum atomic E-state index is 11.9. The molecule has 0 aliphatic rings. The van der Waals surface area contributed by atoms with Crippen molar-refractivity contribution < 1.29 is 9.53 Å². The van der Waals surface area contributed by atoms with Crippen LogP contribution < -0.4 is 5.56 Å². The largest absolute Gasteiger partial charge is 0.465 e. The average Bonchev–Trinajstić information content (AvgIpc) is 2.53. The summed E-state index contributed by atoms with van der Waals surface area (Å²) >= 11 is 0. The Morgan fingerprint density at radius 3 is 2.45 bits per heavy atom. The Morgan fingerprint density at radius 1 is 1.23 bits per heavy atom. The number of carbonyl (C=O) groups excluding carboxylic acids is 1. The Labute approximate surface area is 127 Å². The van der Waals surface area contributed by atoms with E-state index < -0.39 is 0 Å². The summed E-state index contributed by atoms with van der Waals surface area (Å²) in [6.45, 7) is 2.25. The number of pyridine rings is 1. The summed E-state index contributed by atoms with van der Waals surface area (Å²) in [4.78, 5) is 33.8. The summed E-state index contributed by atoms with van der Waals surface area (Å²) in [5, 5.41) is 2.78. The third-order valence-electron chi connectivity index (χ3n) is 3.42. The lowest BCUT2D eigenvalue weighted by atomic mass is 10.1. The van der Waals surface area contributed by atoms with E-state index in [1.165, 1.54) is 13.2 Å². The highest BCUT2D eigenvalue weighted by molar-refractivity contribution is 5.89. The summed E-state index contributed by atoms with van der Waals surface area (Å²) in [6.07, 6.45) is 0.635. The molecule has 0 saturated carbocycles. The van der Waals surface area contributed by atoms with Gasteiger partial charge in [0.25, 0.3) is 5.56 Å². The number of rotatable bonds is 5. The van der Waals surface area contributed by atoms with Gasteiger partial charge in [-0.25, -0.2) is 4.79 Å². The molecule has 2 rings (SSSR count). The molecular weight excluding hydrogens is 284 g/mol. The maximum Gasteiger partial charge on any atom is 0.337 e. The van der Waals surface area contributed by atoms with E-state index in [4.69, 9.17) is 0 Å². The minimum absolute atomic E-state index is 0.140. The second-order valence-corrected chi connectivity index (χ2v) is 4.87. The lowest BCUT2D eigenvalue weighted by molar-refractivity contribution is 0.0600. The predicted octanol–water partition coefficient (Wildman–Crippen LogP) is 2.58. The van der Waals surface area contributed by atoms with Gasteiger partial charge in [-0.3, -0.25) is 4.79 Å². The smallest absolute Gasteiger partial charge is 0.337 e. The van der Waals surface area contributed by atoms with Gasteiger partial charge in [-0.1, -0.05) is 12.1 Å². The lowest BCUT2D eigenvalue weighted by Gasteiger charge is -2.10. The van der Waals surface area contributed by atoms with E-state index in [2.05, 4.69) is 9.91 Å². The van der Waals surface area contributed by atoms with E-state index in [9.17, 15) is 14.5 Å². The van der Waals surface area contributed by atoms with Crippen molar-refractivity contribution in [2.45, 2.75) is 19.9 Å². The summed E-state index contributed by atoms with van der Waals surface area (Å²) < 4.78 is 6.23. The molecule has 22 heavy (non-hydrogen) atoms. The maximum absolute atomic E-state index is 11.9. The molecule has 6 heteroatoms. The van der Waals surface area contributed by atoms with E-state index in [0.29, 0.717) is 24.2 Å². The molecule has 0 bridgehead atoms. The van der Waals surface area contributed by atoms with Crippen molar-refractivity contribution in [3.63, 3.8) is 0 Å². The highest BCUT2D eigenvalue weighted by Gasteiger charge is 2.06. The standard InChI is InChI=1S/C16H16N2O4/c1-11-9-14(17-21)10-15(19)18(11)8-7-12-3-5-13(6-4-12)16(20)22-2/h3-6,9-10H,7-8H2,1-2H3. The van der Waals surface area contributed by atoms with Gasteiger partial charge in [0.2, 0.25) is 0 Å². The highest BCUT2D eigenvalue weighted by atomic mass is 16.5. The second-order valence-electron chi connectivity index (χ2n) is 4.87. The number of hydrogen-bond donors (Lipinski definition) is 0. The highest BCUT2D eigenvalue weighted by Crippen LogP contribution is 2.11. The molecule has 0 fully saturated rings. The second kappa shape index (κ2) is 6.80. The number of aromatic nitrogens is 1. The van der Waals surface area contributed by atoms with Crippen molar-refractivity contribution in [2.75, 3.05) is 7.11 Å². The molecule has 2 aromatic rings. The number of carbonyl (C=O) groups is 1. The first kappa shape index (κ1) is 15.6. The van der Waals surface area contributed by atoms with Gasteiger partial charge < -0.3 is 9.30 Å². The van der Waals surface area contributed by atoms with Crippen LogP contribution in [-0.4, -0.2) is 17.6 Å². The molecule has 0 atom stereocenters. The van der Waals surface area contributed by atoms with Crippen molar-refractivity contribution in [2.24, 2.45) is 5.18 Å². The Morgan fingerprint density at radius 2 is 1.91 bits per heavy atom. The first-order valence-corrected chi connectivity index (χ1v) is 6.77. The predicted molar refractivity (Wildman–Crippen MR) is 82.4 cm³/mol. The van der Waals surface area contributed by atoms with Crippen molar-refractivity contribution in [1.82, 2.24) is 4.57 Å². The van der Waals surface area contributed by atoms with Gasteiger partial charge in [-0.05, 0) is 42.3 Å². The van der Waals surface area contributed by atoms with Crippen LogP contribution in [0.3, 0.4) is 0 Å². The van der Waals surface area contributed by atoms with Crippen LogP contribution in [-0.2, 0) is 17.7 Å². The zero-order valence-electron chi connectivity index (χ0n) is 12.4. The number of ether oxygens (including phenoxy) is 1. The molecule has 0 spiro atoms. The van der Waals surface area contributed by atoms with Crippen LogP contribution in [0, 0.1) is 11.8 Å². The number of aryl methyl sites for hydroxylation is 2. The van der Waals surface area contributed by atoms with E-state index in [1.807, 2.05) is 12.1 Å². The molecule has 0 aliphatic heterocycles. The Bertz CT molecular complexity index is 748. The molecule has 0 amide bonds. The molecule has 6 nitrogen and oxygen atoms in total. The normalized spacial score (nSPS) is 10.3. The van der Waals surface area contributed by atoms with Crippen molar-refractivity contribution >= 4 is 11.7 Å². The molecule has 0 unspecified atom stereocenters. The SMILES string of the molecule is COC(=O)c1ccc(CCn2c(C)cc(N=O)cc2=O)cc1. The van der Waals surface area contributed by atoms with E-state index >= 15 is 0 Å². The van der Waals surface area contributed by atoms with Crippen LogP contribution in [0.1, 0.15) is 21.6 Å². The van der Waals surface area contributed by atoms with Gasteiger partial charge in [0.15, 0.2) is 0 Å². The molecule has 0 radical (unpaired) electrons. The van der Waals surface area contributed by atoms with Crippen molar-refractivity contribution in [3.8, 4) is 0 Å². The fraction of sp³-hybridized carbons (Fsp3) is 0.250. The number of hydrogen-bond acceptors (Lipinski definition) is 5. The zero-order chi connectivity index (χ0) is 16.1. The van der Waals surface area contributed by atoms with Gasteiger partial charge in [-0.2, -0.15) is 0 Å². The number of nitroso groups, excluding NO2 is 1. The molecule has 1 heterocycles. The number of nitrogens with zero attached hydrogens (tertiary/aromatic N) is 2. The van der Waals surface area contributed by atoms with Crippen LogP contribution in [0.2, 0.25) is 0 Å². The summed E-state index contributed by atoms with van der Waals surface area (Å²) in [6, 6.07) is 9.84. The Hall–Kier alpha value is -2.76. The zero-order valence-corrected chi connectivity index (χ0v) is 12.4. The lowest BCUT2D eigenvalue weighted by Crippen LogP contribution is -2.22. The van der Waals surface area contributed by atoms with E-state index in [-0.39, 0.29) is 17.2 Å². The van der Waals surface area contributed by atoms with Crippen LogP contribution in [0.5, 0.6) is 0 Å². The Kier molecular flexibility index (Phi) is 4.83. The average molecular weight is 300 g/mol. The molecule has 0 aliphatic carbocycles. The van der Waals surface area contributed by atoms with Crippen molar-refractivity contribution in [3.05, 3.63) is 68.5 Å². The third kappa shape index (κ3) is 3.46. The fourth-order valence-corrected chi connectivity index (χ4v) is 2.22. The van der Waals surface area contributed by atoms with Crippen LogP contribution in [0.4, 0.5) is 5.69 Å². The van der Waals surface area contributed by atoms with Crippen LogP contribution in [0.25, 0.3) is 0 Å². The molecule has 0 N–H and O–H groups in total. The van der Waals surface area contributed by atoms with Crippen LogP contribution in [0.15, 0.2) is 46.4 Å². The summed E-state index contributed by atoms with van der Waals surface area (Å²) in [5.41, 5.74) is 2.06. The number of benzene rings is 1. The van der Waals surface area contributed by atoms with Gasteiger partial charge in [0, 0.05) is 18.3 Å². The van der Waals surface area contributed by atoms with Gasteiger partial charge in [0.1, 0.15) is 5.69 Å². The first-order valence-electron chi connectivity index (χ1n) is 6.77. The Balaban J connectivity index is 2.12. The molecule has 1 aromatic carbocycles. The minimum atomic E-state index is -0.379. The molecule has 0 saturated heterocycles. The minimum Gasteiger partial charge on any atom is -0.465 e. The first-order chi connectivity index (χ1) is 10.5. The number of esters is 1. The van der Waals surface area contributed by atoms with Crippen LogP contribution >= 0.6 is 0 Å². The topological polar surface area (TPSA) is 77.7 Å². The molecule has 1 aromatic heterocycles. The summed E-state index contributed by atoms with van der Waals surface area (Å²) in [7, 11) is 1.34. The number of methoxy groups -OCH3 is 1. The quantitative estimate of drug-likeness (QED) is 0.628. The summed E-state index contributed by atoms with van der Waals surface area (Å²) in [5.74, 6) is -0.379. The fourth-order valence-electron chi connectivity index (χ4n) is 2.22. The van der Waals surface area contributed by atoms with Gasteiger partial charge >= 0.3 is 5.97 Å². The molecule has 114 valence electrons. The van der Waals surface area contributed by atoms with Gasteiger partial charge in [-0.15, -0.1) is 4.91 Å². The van der Waals surface area contributed by atoms with Gasteiger partial charge in [0.05, 0.1) is 12.7 Å². The van der Waals surface area contributed by atoms with Crippen molar-refractivity contribution in [1.29, 1.82) is 0 Å². The van der Waals surface area contributed by atoms with E-state index in [0.717, 1.165) is 5.56 Å². The molecular formula is C16H16N2O4. The van der Waals surface area contributed by atoms with E-state index in [1.54, 1.807) is 29.7 Å².